The van der Waals surface area contributed by atoms with Crippen molar-refractivity contribution in [2.45, 2.75) is 93.8 Å². The highest BCUT2D eigenvalue weighted by molar-refractivity contribution is 5.87. The first-order chi connectivity index (χ1) is 30.0. The fourth-order valence-electron chi connectivity index (χ4n) is 3.99. The van der Waals surface area contributed by atoms with E-state index in [2.05, 4.69) is 40.9 Å². The summed E-state index contributed by atoms with van der Waals surface area (Å²) in [6, 6.07) is 0. The van der Waals surface area contributed by atoms with Crippen LogP contribution in [-0.2, 0) is 71.2 Å². The van der Waals surface area contributed by atoms with Crippen molar-refractivity contribution in [1.82, 2.24) is 0 Å². The number of hydrogen-bond donors (Lipinski definition) is 3. The number of esters is 2. The highest BCUT2D eigenvalue weighted by Crippen LogP contribution is 2.05. The van der Waals surface area contributed by atoms with E-state index in [1.165, 1.54) is 0 Å². The van der Waals surface area contributed by atoms with E-state index in [4.69, 9.17) is 76.9 Å². The van der Waals surface area contributed by atoms with Gasteiger partial charge in [-0.05, 0) is 45.4 Å². The van der Waals surface area contributed by atoms with Crippen LogP contribution in [0.5, 0.6) is 0 Å². The molecule has 3 N–H and O–H groups in total. The van der Waals surface area contributed by atoms with Crippen molar-refractivity contribution in [2.75, 3.05) is 145 Å². The second-order valence-corrected chi connectivity index (χ2v) is 15.4. The lowest BCUT2D eigenvalue weighted by Crippen LogP contribution is -2.30. The van der Waals surface area contributed by atoms with Gasteiger partial charge in [0, 0.05) is 37.6 Å². The first-order valence-corrected chi connectivity index (χ1v) is 22.1. The van der Waals surface area contributed by atoms with E-state index in [0.29, 0.717) is 128 Å². The van der Waals surface area contributed by atoms with Crippen molar-refractivity contribution in [1.29, 1.82) is 0 Å². The second-order valence-electron chi connectivity index (χ2n) is 15.4. The Morgan fingerprint density at radius 2 is 0.794 bits per heavy atom. The van der Waals surface area contributed by atoms with Crippen molar-refractivity contribution in [2.24, 2.45) is 17.8 Å². The van der Waals surface area contributed by atoms with Gasteiger partial charge in [-0.1, -0.05) is 54.7 Å². The fraction of sp³-hybridized carbons (Fsp3) is 0.867. The predicted octanol–water partition coefficient (Wildman–Crippen LogP) is 3.80. The molecule has 0 rings (SSSR count). The normalized spacial score (nSPS) is 13.1. The Morgan fingerprint density at radius 3 is 1.19 bits per heavy atom. The molecule has 376 valence electrons. The molecular formula is C45H88O18. The maximum absolute atomic E-state index is 11.5. The number of rotatable bonds is 41. The van der Waals surface area contributed by atoms with Crippen molar-refractivity contribution in [3.8, 4) is 0 Å². The zero-order valence-electron chi connectivity index (χ0n) is 40.5. The van der Waals surface area contributed by atoms with E-state index in [9.17, 15) is 9.59 Å². The first kappa shape index (κ1) is 65.1. The maximum Gasteiger partial charge on any atom is 0.333 e. The van der Waals surface area contributed by atoms with Crippen LogP contribution in [-0.4, -0.2) is 197 Å². The molecule has 0 aromatic rings. The van der Waals surface area contributed by atoms with Crippen LogP contribution in [0.4, 0.5) is 0 Å². The van der Waals surface area contributed by atoms with Crippen LogP contribution in [0.25, 0.3) is 0 Å². The minimum Gasteiger partial charge on any atom is -0.460 e. The summed E-state index contributed by atoms with van der Waals surface area (Å²) >= 11 is 0. The van der Waals surface area contributed by atoms with Crippen molar-refractivity contribution in [3.63, 3.8) is 0 Å². The van der Waals surface area contributed by atoms with Gasteiger partial charge in [0.05, 0.1) is 106 Å². The van der Waals surface area contributed by atoms with Gasteiger partial charge in [0.25, 0.3) is 0 Å². The van der Waals surface area contributed by atoms with Gasteiger partial charge in [0.2, 0.25) is 0 Å². The zero-order valence-corrected chi connectivity index (χ0v) is 40.5. The lowest BCUT2D eigenvalue weighted by Gasteiger charge is -2.21. The number of carbonyl (C=O) groups excluding carboxylic acids is 2. The fourth-order valence-corrected chi connectivity index (χ4v) is 3.99. The standard InChI is InChI=1S/C19H32O7.C15H32O6.C11H24O5/c1-14(2)11-25-17(13-26-19(21)16(5)6)12-23-8-7-22-9-10-24-18(20)15(3)4;1-5-19-14(4)20-12-15(21-10-13(2)3)11-18-9-8-17-7-6-16;1-10(2)8-16-11(7-13)9-15-6-5-14-4-3-12/h14,17H,3,5,7-13H2,1-2,4,6H3;13-16H,5-12H2,1-4H3;10-13H,3-9H2,1-2H3. The predicted molar refractivity (Wildman–Crippen MR) is 238 cm³/mol. The summed E-state index contributed by atoms with van der Waals surface area (Å²) in [7, 11) is 0. The Balaban J connectivity index is -0.000000883. The van der Waals surface area contributed by atoms with E-state index in [1.807, 2.05) is 27.7 Å². The third-order valence-corrected chi connectivity index (χ3v) is 7.17. The highest BCUT2D eigenvalue weighted by atomic mass is 16.7. The minimum atomic E-state index is -0.448. The average molecular weight is 917 g/mol. The Bertz CT molecular complexity index is 1040. The summed E-state index contributed by atoms with van der Waals surface area (Å²) in [5, 5.41) is 26.0. The van der Waals surface area contributed by atoms with Crippen LogP contribution in [0.15, 0.2) is 24.3 Å². The first-order valence-electron chi connectivity index (χ1n) is 22.1. The molecule has 4 unspecified atom stereocenters. The van der Waals surface area contributed by atoms with Gasteiger partial charge in [-0.3, -0.25) is 0 Å². The van der Waals surface area contributed by atoms with Gasteiger partial charge < -0.3 is 76.9 Å². The van der Waals surface area contributed by atoms with E-state index in [-0.39, 0.29) is 70.9 Å². The van der Waals surface area contributed by atoms with E-state index < -0.39 is 11.9 Å². The van der Waals surface area contributed by atoms with Gasteiger partial charge in [-0.2, -0.15) is 0 Å². The third-order valence-electron chi connectivity index (χ3n) is 7.17. The lowest BCUT2D eigenvalue weighted by molar-refractivity contribution is -0.160. The molecule has 18 heteroatoms. The summed E-state index contributed by atoms with van der Waals surface area (Å²) in [5.74, 6) is 0.390. The second kappa shape index (κ2) is 47.8. The van der Waals surface area contributed by atoms with E-state index in [1.54, 1.807) is 13.8 Å². The molecule has 0 aromatic heterocycles. The van der Waals surface area contributed by atoms with Crippen LogP contribution >= 0.6 is 0 Å². The molecule has 0 aliphatic rings. The Hall–Kier alpha value is -2.14. The number of hydrogen-bond acceptors (Lipinski definition) is 18. The average Bonchev–Trinajstić information content (AvgIpc) is 3.23. The van der Waals surface area contributed by atoms with Crippen LogP contribution < -0.4 is 0 Å². The molecule has 0 saturated heterocycles. The molecule has 0 aromatic carbocycles. The van der Waals surface area contributed by atoms with Gasteiger partial charge in [0.1, 0.15) is 31.5 Å². The topological polar surface area (TPSA) is 215 Å². The van der Waals surface area contributed by atoms with Crippen LogP contribution in [0.1, 0.15) is 69.2 Å². The van der Waals surface area contributed by atoms with Crippen LogP contribution in [0.3, 0.4) is 0 Å². The van der Waals surface area contributed by atoms with Crippen molar-refractivity contribution < 1.29 is 86.5 Å². The van der Waals surface area contributed by atoms with Crippen LogP contribution in [0.2, 0.25) is 0 Å². The zero-order chi connectivity index (χ0) is 48.1. The lowest BCUT2D eigenvalue weighted by atomic mass is 10.2. The molecule has 18 nitrogen and oxygen atoms in total. The molecule has 0 fully saturated rings. The monoisotopic (exact) mass is 917 g/mol. The van der Waals surface area contributed by atoms with Gasteiger partial charge in [-0.25, -0.2) is 9.59 Å². The molecule has 0 aliphatic carbocycles. The van der Waals surface area contributed by atoms with Crippen molar-refractivity contribution >= 4 is 11.9 Å². The SMILES string of the molecule is C=C(C)C(=O)OCCOCCOCC(COC(=O)C(=C)C)OCC(C)C.CC(C)COC(CO)COCCOCCO.CCOC(C)OCC(COCCOCCO)OCC(C)C. The minimum absolute atomic E-state index is 0.0246. The van der Waals surface area contributed by atoms with Gasteiger partial charge in [-0.15, -0.1) is 0 Å². The summed E-state index contributed by atoms with van der Waals surface area (Å²) in [5.41, 5.74) is 0.697. The third kappa shape index (κ3) is 50.7. The van der Waals surface area contributed by atoms with Gasteiger partial charge >= 0.3 is 11.9 Å². The smallest absolute Gasteiger partial charge is 0.333 e. The Labute approximate surface area is 379 Å². The molecule has 4 atom stereocenters. The molecule has 0 saturated carbocycles. The number of aliphatic hydroxyl groups is 3. The van der Waals surface area contributed by atoms with E-state index in [0.717, 1.165) is 0 Å². The molecular weight excluding hydrogens is 828 g/mol. The van der Waals surface area contributed by atoms with Gasteiger partial charge in [0.15, 0.2) is 6.29 Å². The molecule has 0 spiro atoms. The molecule has 0 aliphatic heterocycles. The largest absolute Gasteiger partial charge is 0.460 e. The maximum atomic E-state index is 11.5. The van der Waals surface area contributed by atoms with Crippen LogP contribution in [0, 0.1) is 17.8 Å². The molecule has 0 radical (unpaired) electrons. The summed E-state index contributed by atoms with van der Waals surface area (Å²) < 4.78 is 69.5. The Morgan fingerprint density at radius 1 is 0.429 bits per heavy atom. The molecule has 0 heterocycles. The Kier molecular flexibility index (Phi) is 49.4. The molecule has 0 bridgehead atoms. The van der Waals surface area contributed by atoms with E-state index >= 15 is 0 Å². The number of ether oxygens (including phenoxy) is 13. The van der Waals surface area contributed by atoms with Crippen molar-refractivity contribution in [3.05, 3.63) is 24.3 Å². The summed E-state index contributed by atoms with van der Waals surface area (Å²) in [6.07, 6.45) is -0.973. The number of aliphatic hydroxyl groups excluding tert-OH is 3. The summed E-state index contributed by atoms with van der Waals surface area (Å²) in [6.45, 7) is 34.2. The molecule has 63 heavy (non-hydrogen) atoms. The quantitative estimate of drug-likeness (QED) is 0.0344. The highest BCUT2D eigenvalue weighted by Gasteiger charge is 2.16. The summed E-state index contributed by atoms with van der Waals surface area (Å²) in [4.78, 5) is 22.6. The molecule has 0 amide bonds. The number of carbonyl (C=O) groups is 2.